The number of halogens is 4. The summed E-state index contributed by atoms with van der Waals surface area (Å²) in [6, 6.07) is 19.1. The lowest BCUT2D eigenvalue weighted by Crippen LogP contribution is -2.21. The number of esters is 1. The van der Waals surface area contributed by atoms with Crippen molar-refractivity contribution in [3.63, 3.8) is 0 Å². The number of carbonyl (C=O) groups excluding carboxylic acids is 2. The summed E-state index contributed by atoms with van der Waals surface area (Å²) in [7, 11) is 1.32. The predicted octanol–water partition coefficient (Wildman–Crippen LogP) is 7.99. The number of fused-ring (bicyclic) bond motifs is 1. The zero-order valence-electron chi connectivity index (χ0n) is 21.0. The number of hydrogen-bond acceptors (Lipinski definition) is 3. The predicted molar refractivity (Wildman–Crippen MR) is 142 cm³/mol. The molecule has 0 spiro atoms. The summed E-state index contributed by atoms with van der Waals surface area (Å²) in [5, 5.41) is 1.31. The first-order valence-corrected chi connectivity index (χ1v) is 12.6. The second-order valence-electron chi connectivity index (χ2n) is 9.26. The van der Waals surface area contributed by atoms with Gasteiger partial charge in [-0.1, -0.05) is 49.2 Å². The minimum atomic E-state index is -4.42. The number of ketones is 1. The molecule has 0 aliphatic carbocycles. The highest BCUT2D eigenvalue weighted by atomic mass is 35.5. The fraction of sp³-hybridized carbons (Fsp3) is 0.267. The van der Waals surface area contributed by atoms with Gasteiger partial charge in [-0.05, 0) is 72.5 Å². The number of methoxy groups -OCH3 is 1. The number of rotatable bonds is 9. The number of ether oxygens (including phenoxy) is 1. The monoisotopic (exact) mass is 541 g/mol. The van der Waals surface area contributed by atoms with Gasteiger partial charge in [0, 0.05) is 28.4 Å². The molecular formula is C30H27ClF3NO3. The molecule has 4 nitrogen and oxygen atoms in total. The van der Waals surface area contributed by atoms with E-state index in [2.05, 4.69) is 0 Å². The number of carbonyl (C=O) groups is 2. The van der Waals surface area contributed by atoms with E-state index in [1.807, 2.05) is 29.7 Å². The molecule has 0 bridgehead atoms. The molecule has 1 aromatic heterocycles. The molecule has 0 saturated carbocycles. The average Bonchev–Trinajstić information content (AvgIpc) is 3.24. The van der Waals surface area contributed by atoms with Crippen molar-refractivity contribution >= 4 is 34.3 Å². The normalized spacial score (nSPS) is 12.5. The Morgan fingerprint density at radius 2 is 1.61 bits per heavy atom. The van der Waals surface area contributed by atoms with Gasteiger partial charge in [0.2, 0.25) is 0 Å². The molecule has 0 N–H and O–H groups in total. The third kappa shape index (κ3) is 6.10. The Balaban J connectivity index is 1.68. The molecule has 198 valence electrons. The van der Waals surface area contributed by atoms with E-state index in [0.29, 0.717) is 34.7 Å². The molecule has 4 aromatic rings. The maximum Gasteiger partial charge on any atom is 0.416 e. The van der Waals surface area contributed by atoms with Crippen LogP contribution < -0.4 is 0 Å². The van der Waals surface area contributed by atoms with Gasteiger partial charge in [0.15, 0.2) is 5.78 Å². The number of benzene rings is 3. The van der Waals surface area contributed by atoms with Crippen LogP contribution >= 0.6 is 11.6 Å². The SMILES string of the molecule is CCC[C@@H](Cc1ccc(C(=O)OC)cc1)C(=O)c1cc2cc(Cl)ccc2n1Cc1ccc(C(F)(F)F)cc1. The van der Waals surface area contributed by atoms with Crippen LogP contribution in [0.2, 0.25) is 5.02 Å². The summed E-state index contributed by atoms with van der Waals surface area (Å²) in [5.41, 5.74) is 2.52. The van der Waals surface area contributed by atoms with Gasteiger partial charge in [-0.2, -0.15) is 13.2 Å². The lowest BCUT2D eigenvalue weighted by atomic mass is 9.89. The zero-order chi connectivity index (χ0) is 27.4. The van der Waals surface area contributed by atoms with Gasteiger partial charge in [-0.15, -0.1) is 0 Å². The smallest absolute Gasteiger partial charge is 0.416 e. The summed E-state index contributed by atoms with van der Waals surface area (Å²) in [6.07, 6.45) is -2.49. The second kappa shape index (κ2) is 11.4. The van der Waals surface area contributed by atoms with E-state index in [-0.39, 0.29) is 18.2 Å². The van der Waals surface area contributed by atoms with Crippen molar-refractivity contribution in [3.8, 4) is 0 Å². The maximum atomic E-state index is 13.9. The number of nitrogens with zero attached hydrogens (tertiary/aromatic N) is 1. The third-order valence-electron chi connectivity index (χ3n) is 6.60. The Morgan fingerprint density at radius 3 is 2.21 bits per heavy atom. The lowest BCUT2D eigenvalue weighted by molar-refractivity contribution is -0.137. The van der Waals surface area contributed by atoms with E-state index in [9.17, 15) is 22.8 Å². The largest absolute Gasteiger partial charge is 0.465 e. The number of hydrogen-bond donors (Lipinski definition) is 0. The van der Waals surface area contributed by atoms with Crippen LogP contribution in [0.1, 0.15) is 57.3 Å². The van der Waals surface area contributed by atoms with Crippen LogP contribution in [0.4, 0.5) is 13.2 Å². The molecule has 3 aromatic carbocycles. The standard InChI is InChI=1S/C30H27ClF3NO3/c1-3-4-22(15-19-5-9-21(10-6-19)29(37)38-2)28(36)27-17-23-16-25(31)13-14-26(23)35(27)18-20-7-11-24(12-8-20)30(32,33)34/h5-14,16-17,22H,3-4,15,18H2,1-2H3/t22-/m0/s1. The molecule has 38 heavy (non-hydrogen) atoms. The highest BCUT2D eigenvalue weighted by Crippen LogP contribution is 2.31. The fourth-order valence-electron chi connectivity index (χ4n) is 4.66. The molecule has 0 amide bonds. The van der Waals surface area contributed by atoms with Crippen LogP contribution in [0, 0.1) is 5.92 Å². The van der Waals surface area contributed by atoms with Crippen molar-refractivity contribution in [2.75, 3.05) is 7.11 Å². The molecule has 1 atom stereocenters. The Kier molecular flexibility index (Phi) is 8.26. The molecule has 0 aliphatic rings. The molecule has 1 heterocycles. The first-order chi connectivity index (χ1) is 18.1. The third-order valence-corrected chi connectivity index (χ3v) is 6.84. The van der Waals surface area contributed by atoms with E-state index in [1.165, 1.54) is 19.2 Å². The lowest BCUT2D eigenvalue weighted by Gasteiger charge is -2.18. The summed E-state index contributed by atoms with van der Waals surface area (Å²) in [4.78, 5) is 25.7. The Hall–Kier alpha value is -3.58. The van der Waals surface area contributed by atoms with E-state index in [1.54, 1.807) is 30.3 Å². The molecule has 0 aliphatic heterocycles. The maximum absolute atomic E-state index is 13.9. The van der Waals surface area contributed by atoms with E-state index in [0.717, 1.165) is 35.0 Å². The summed E-state index contributed by atoms with van der Waals surface area (Å²) >= 11 is 6.21. The van der Waals surface area contributed by atoms with Crippen molar-refractivity contribution in [3.05, 3.63) is 106 Å². The van der Waals surface area contributed by atoms with Crippen molar-refractivity contribution in [2.24, 2.45) is 5.92 Å². The molecule has 0 unspecified atom stereocenters. The van der Waals surface area contributed by atoms with Gasteiger partial charge in [0.1, 0.15) is 0 Å². The van der Waals surface area contributed by atoms with E-state index in [4.69, 9.17) is 16.3 Å². The van der Waals surface area contributed by atoms with Crippen LogP contribution in [-0.4, -0.2) is 23.4 Å². The van der Waals surface area contributed by atoms with E-state index >= 15 is 0 Å². The van der Waals surface area contributed by atoms with Gasteiger partial charge < -0.3 is 9.30 Å². The Labute approximate surface area is 224 Å². The van der Waals surface area contributed by atoms with Crippen LogP contribution in [0.3, 0.4) is 0 Å². The topological polar surface area (TPSA) is 48.3 Å². The second-order valence-corrected chi connectivity index (χ2v) is 9.69. The van der Waals surface area contributed by atoms with Crippen molar-refractivity contribution in [2.45, 2.75) is 38.9 Å². The van der Waals surface area contributed by atoms with Crippen molar-refractivity contribution < 1.29 is 27.5 Å². The van der Waals surface area contributed by atoms with Crippen LogP contribution in [-0.2, 0) is 23.9 Å². The van der Waals surface area contributed by atoms with Gasteiger partial charge in [-0.3, -0.25) is 4.79 Å². The Bertz CT molecular complexity index is 1440. The fourth-order valence-corrected chi connectivity index (χ4v) is 4.84. The van der Waals surface area contributed by atoms with Crippen molar-refractivity contribution in [1.29, 1.82) is 0 Å². The minimum absolute atomic E-state index is 0.0527. The van der Waals surface area contributed by atoms with Crippen LogP contribution in [0.5, 0.6) is 0 Å². The summed E-state index contributed by atoms with van der Waals surface area (Å²) in [5.74, 6) is -0.803. The summed E-state index contributed by atoms with van der Waals surface area (Å²) in [6.45, 7) is 2.25. The van der Waals surface area contributed by atoms with Crippen LogP contribution in [0.25, 0.3) is 10.9 Å². The molecular weight excluding hydrogens is 515 g/mol. The Morgan fingerprint density at radius 1 is 0.947 bits per heavy atom. The molecule has 0 saturated heterocycles. The molecule has 0 radical (unpaired) electrons. The summed E-state index contributed by atoms with van der Waals surface area (Å²) < 4.78 is 45.7. The van der Waals surface area contributed by atoms with Gasteiger partial charge >= 0.3 is 12.1 Å². The highest BCUT2D eigenvalue weighted by molar-refractivity contribution is 6.31. The number of aromatic nitrogens is 1. The van der Waals surface area contributed by atoms with Gasteiger partial charge in [-0.25, -0.2) is 4.79 Å². The first-order valence-electron chi connectivity index (χ1n) is 12.3. The highest BCUT2D eigenvalue weighted by Gasteiger charge is 2.30. The molecule has 8 heteroatoms. The van der Waals surface area contributed by atoms with Crippen LogP contribution in [0.15, 0.2) is 72.8 Å². The molecule has 0 fully saturated rings. The van der Waals surface area contributed by atoms with Gasteiger partial charge in [0.25, 0.3) is 0 Å². The first kappa shape index (κ1) is 27.5. The number of alkyl halides is 3. The minimum Gasteiger partial charge on any atom is -0.465 e. The average molecular weight is 542 g/mol. The van der Waals surface area contributed by atoms with E-state index < -0.39 is 17.7 Å². The number of Topliss-reactive ketones (excluding diaryl/α,β-unsaturated/α-hetero) is 1. The van der Waals surface area contributed by atoms with Crippen molar-refractivity contribution in [1.82, 2.24) is 4.57 Å². The van der Waals surface area contributed by atoms with Gasteiger partial charge in [0.05, 0.1) is 23.9 Å². The molecule has 4 rings (SSSR count). The quantitative estimate of drug-likeness (QED) is 0.159. The zero-order valence-corrected chi connectivity index (χ0v) is 21.8.